The zero-order valence-electron chi connectivity index (χ0n) is 14.0. The number of unbranched alkanes of at least 4 members (excludes halogenated alkanes) is 1. The number of aromatic carboxylic acids is 1. The minimum atomic E-state index is -0.919. The fourth-order valence-electron chi connectivity index (χ4n) is 3.00. The number of carboxylic acids is 1. The Bertz CT molecular complexity index is 865. The summed E-state index contributed by atoms with van der Waals surface area (Å²) in [6, 6.07) is 15.5. The molecule has 3 aromatic rings. The summed E-state index contributed by atoms with van der Waals surface area (Å²) in [6.07, 6.45) is 2.04. The van der Waals surface area contributed by atoms with Crippen molar-refractivity contribution in [3.8, 4) is 11.4 Å². The van der Waals surface area contributed by atoms with Gasteiger partial charge in [-0.05, 0) is 43.7 Å². The SMILES string of the molecule is CCCCOc1ccc2c(c1)c(C(=O)O)c(C)n2-c1ccccc1. The van der Waals surface area contributed by atoms with E-state index in [0.717, 1.165) is 29.7 Å². The van der Waals surface area contributed by atoms with Crippen LogP contribution in [0.3, 0.4) is 0 Å². The molecular weight excluding hydrogens is 302 g/mol. The highest BCUT2D eigenvalue weighted by atomic mass is 16.5. The maximum atomic E-state index is 11.8. The Labute approximate surface area is 141 Å². The molecule has 3 rings (SSSR count). The van der Waals surface area contributed by atoms with Crippen molar-refractivity contribution in [1.82, 2.24) is 4.57 Å². The fraction of sp³-hybridized carbons (Fsp3) is 0.250. The van der Waals surface area contributed by atoms with E-state index in [-0.39, 0.29) is 0 Å². The molecule has 0 saturated heterocycles. The lowest BCUT2D eigenvalue weighted by Gasteiger charge is -2.09. The Morgan fingerprint density at radius 3 is 2.58 bits per heavy atom. The molecular formula is C20H21NO3. The zero-order valence-corrected chi connectivity index (χ0v) is 14.0. The van der Waals surface area contributed by atoms with E-state index < -0.39 is 5.97 Å². The minimum Gasteiger partial charge on any atom is -0.494 e. The number of fused-ring (bicyclic) bond motifs is 1. The summed E-state index contributed by atoms with van der Waals surface area (Å²) in [5, 5.41) is 10.4. The third kappa shape index (κ3) is 2.87. The van der Waals surface area contributed by atoms with E-state index >= 15 is 0 Å². The van der Waals surface area contributed by atoms with E-state index in [0.29, 0.717) is 23.3 Å². The first-order chi connectivity index (χ1) is 11.6. The maximum Gasteiger partial charge on any atom is 0.338 e. The van der Waals surface area contributed by atoms with E-state index in [1.54, 1.807) is 0 Å². The number of ether oxygens (including phenoxy) is 1. The zero-order chi connectivity index (χ0) is 17.1. The lowest BCUT2D eigenvalue weighted by Crippen LogP contribution is -2.01. The minimum absolute atomic E-state index is 0.329. The van der Waals surface area contributed by atoms with Crippen LogP contribution in [0.15, 0.2) is 48.5 Å². The van der Waals surface area contributed by atoms with Gasteiger partial charge in [-0.3, -0.25) is 0 Å². The van der Waals surface area contributed by atoms with Crippen molar-refractivity contribution in [2.75, 3.05) is 6.61 Å². The van der Waals surface area contributed by atoms with Gasteiger partial charge < -0.3 is 14.4 Å². The smallest absolute Gasteiger partial charge is 0.338 e. The molecule has 0 spiro atoms. The van der Waals surface area contributed by atoms with Gasteiger partial charge >= 0.3 is 5.97 Å². The van der Waals surface area contributed by atoms with Crippen LogP contribution in [0.25, 0.3) is 16.6 Å². The van der Waals surface area contributed by atoms with Crippen molar-refractivity contribution in [2.24, 2.45) is 0 Å². The van der Waals surface area contributed by atoms with Crippen molar-refractivity contribution in [3.05, 3.63) is 59.8 Å². The standard InChI is InChI=1S/C20H21NO3/c1-3-4-12-24-16-10-11-18-17(13-16)19(20(22)23)14(2)21(18)15-8-6-5-7-9-15/h5-11,13H,3-4,12H2,1-2H3,(H,22,23). The molecule has 1 N–H and O–H groups in total. The van der Waals surface area contributed by atoms with E-state index in [9.17, 15) is 9.90 Å². The lowest BCUT2D eigenvalue weighted by molar-refractivity contribution is 0.0698. The first-order valence-corrected chi connectivity index (χ1v) is 8.20. The second-order valence-electron chi connectivity index (χ2n) is 5.82. The number of nitrogens with zero attached hydrogens (tertiary/aromatic N) is 1. The number of rotatable bonds is 6. The molecule has 0 aliphatic carbocycles. The van der Waals surface area contributed by atoms with E-state index in [4.69, 9.17) is 4.74 Å². The molecule has 1 aromatic heterocycles. The predicted molar refractivity (Wildman–Crippen MR) is 95.4 cm³/mol. The Morgan fingerprint density at radius 1 is 1.17 bits per heavy atom. The summed E-state index contributed by atoms with van der Waals surface area (Å²) in [5.41, 5.74) is 2.87. The summed E-state index contributed by atoms with van der Waals surface area (Å²) < 4.78 is 7.72. The van der Waals surface area contributed by atoms with Gasteiger partial charge in [0.15, 0.2) is 0 Å². The number of para-hydroxylation sites is 1. The van der Waals surface area contributed by atoms with Crippen LogP contribution < -0.4 is 4.74 Å². The van der Waals surface area contributed by atoms with Gasteiger partial charge in [-0.2, -0.15) is 0 Å². The van der Waals surface area contributed by atoms with E-state index in [2.05, 4.69) is 6.92 Å². The second kappa shape index (κ2) is 6.79. The molecule has 0 saturated carbocycles. The average molecular weight is 323 g/mol. The maximum absolute atomic E-state index is 11.8. The second-order valence-corrected chi connectivity index (χ2v) is 5.82. The molecule has 24 heavy (non-hydrogen) atoms. The summed E-state index contributed by atoms with van der Waals surface area (Å²) in [6.45, 7) is 4.59. The molecule has 0 amide bonds. The van der Waals surface area contributed by atoms with Crippen molar-refractivity contribution < 1.29 is 14.6 Å². The van der Waals surface area contributed by atoms with Crippen LogP contribution in [-0.2, 0) is 0 Å². The van der Waals surface area contributed by atoms with Gasteiger partial charge in [0.2, 0.25) is 0 Å². The molecule has 4 nitrogen and oxygen atoms in total. The Balaban J connectivity index is 2.16. The summed E-state index contributed by atoms with van der Waals surface area (Å²) in [4.78, 5) is 11.8. The molecule has 0 aliphatic rings. The third-order valence-corrected chi connectivity index (χ3v) is 4.17. The van der Waals surface area contributed by atoms with Gasteiger partial charge in [-0.25, -0.2) is 4.79 Å². The quantitative estimate of drug-likeness (QED) is 0.662. The topological polar surface area (TPSA) is 51.5 Å². The Kier molecular flexibility index (Phi) is 4.56. The lowest BCUT2D eigenvalue weighted by atomic mass is 10.1. The van der Waals surface area contributed by atoms with Crippen molar-refractivity contribution in [2.45, 2.75) is 26.7 Å². The fourth-order valence-corrected chi connectivity index (χ4v) is 3.00. The highest BCUT2D eigenvalue weighted by Crippen LogP contribution is 2.32. The van der Waals surface area contributed by atoms with Crippen LogP contribution in [0.2, 0.25) is 0 Å². The number of hydrogen-bond donors (Lipinski definition) is 1. The van der Waals surface area contributed by atoms with Gasteiger partial charge in [0.1, 0.15) is 5.75 Å². The van der Waals surface area contributed by atoms with Gasteiger partial charge in [-0.15, -0.1) is 0 Å². The molecule has 0 unspecified atom stereocenters. The van der Waals surface area contributed by atoms with Crippen molar-refractivity contribution in [3.63, 3.8) is 0 Å². The molecule has 1 heterocycles. The third-order valence-electron chi connectivity index (χ3n) is 4.17. The summed E-state index contributed by atoms with van der Waals surface area (Å²) in [5.74, 6) is -0.207. The van der Waals surface area contributed by atoms with Crippen LogP contribution in [0.4, 0.5) is 0 Å². The number of benzene rings is 2. The van der Waals surface area contributed by atoms with Crippen LogP contribution in [0, 0.1) is 6.92 Å². The number of hydrogen-bond acceptors (Lipinski definition) is 2. The normalized spacial score (nSPS) is 10.9. The summed E-state index contributed by atoms with van der Waals surface area (Å²) in [7, 11) is 0. The van der Waals surface area contributed by atoms with Crippen molar-refractivity contribution in [1.29, 1.82) is 0 Å². The highest BCUT2D eigenvalue weighted by molar-refractivity contribution is 6.06. The van der Waals surface area contributed by atoms with Gasteiger partial charge in [0, 0.05) is 16.8 Å². The first-order valence-electron chi connectivity index (χ1n) is 8.20. The average Bonchev–Trinajstić information content (AvgIpc) is 2.87. The number of carbonyl (C=O) groups is 1. The van der Waals surface area contributed by atoms with Gasteiger partial charge in [-0.1, -0.05) is 31.5 Å². The van der Waals surface area contributed by atoms with Crippen molar-refractivity contribution >= 4 is 16.9 Å². The van der Waals surface area contributed by atoms with E-state index in [1.807, 2.05) is 60.0 Å². The van der Waals surface area contributed by atoms with Gasteiger partial charge in [0.05, 0.1) is 17.7 Å². The molecule has 0 aliphatic heterocycles. The largest absolute Gasteiger partial charge is 0.494 e. The Hall–Kier alpha value is -2.75. The number of carboxylic acid groups (broad SMARTS) is 1. The van der Waals surface area contributed by atoms with Crippen LogP contribution in [0.1, 0.15) is 35.8 Å². The monoisotopic (exact) mass is 323 g/mol. The molecule has 0 fully saturated rings. The molecule has 124 valence electrons. The predicted octanol–water partition coefficient (Wildman–Crippen LogP) is 4.82. The highest BCUT2D eigenvalue weighted by Gasteiger charge is 2.20. The molecule has 0 bridgehead atoms. The molecule has 4 heteroatoms. The Morgan fingerprint density at radius 2 is 1.92 bits per heavy atom. The first kappa shape index (κ1) is 16.1. The molecule has 0 radical (unpaired) electrons. The molecule has 0 atom stereocenters. The van der Waals surface area contributed by atoms with Gasteiger partial charge in [0.25, 0.3) is 0 Å². The molecule has 2 aromatic carbocycles. The van der Waals surface area contributed by atoms with Crippen LogP contribution in [-0.4, -0.2) is 22.2 Å². The number of aromatic nitrogens is 1. The summed E-state index contributed by atoms with van der Waals surface area (Å²) >= 11 is 0. The van der Waals surface area contributed by atoms with E-state index in [1.165, 1.54) is 0 Å². The van der Waals surface area contributed by atoms with Crippen LogP contribution >= 0.6 is 0 Å². The van der Waals surface area contributed by atoms with Crippen LogP contribution in [0.5, 0.6) is 5.75 Å².